The minimum absolute atomic E-state index is 0.0900. The van der Waals surface area contributed by atoms with Crippen LogP contribution in [0.4, 0.5) is 0 Å². The van der Waals surface area contributed by atoms with Crippen LogP contribution < -0.4 is 11.3 Å². The van der Waals surface area contributed by atoms with E-state index in [4.69, 9.17) is 26.0 Å². The predicted molar refractivity (Wildman–Crippen MR) is 70.1 cm³/mol. The van der Waals surface area contributed by atoms with Gasteiger partial charge in [0.2, 0.25) is 0 Å². The summed E-state index contributed by atoms with van der Waals surface area (Å²) < 4.78 is 0. The van der Waals surface area contributed by atoms with E-state index in [1.54, 1.807) is 0 Å². The summed E-state index contributed by atoms with van der Waals surface area (Å²) in [5.74, 6) is 2.71. The molecule has 112 valence electrons. The van der Waals surface area contributed by atoms with E-state index in [1.165, 1.54) is 25.1 Å². The van der Waals surface area contributed by atoms with Crippen molar-refractivity contribution in [3.8, 4) is 11.5 Å². The third-order valence-electron chi connectivity index (χ3n) is 2.39. The Morgan fingerprint density at radius 1 is 1.25 bits per heavy atom. The van der Waals surface area contributed by atoms with E-state index in [0.29, 0.717) is 5.56 Å². The number of nitrogens with two attached hydrogens (primary N) is 1. The molecule has 0 heterocycles. The molecule has 0 saturated heterocycles. The molecule has 0 amide bonds. The van der Waals surface area contributed by atoms with Gasteiger partial charge in [0.25, 0.3) is 5.97 Å². The number of aliphatic carboxylic acids is 2. The second-order valence-corrected chi connectivity index (χ2v) is 4.30. The summed E-state index contributed by atoms with van der Waals surface area (Å²) in [6, 6.07) is 4.12. The van der Waals surface area contributed by atoms with E-state index >= 15 is 0 Å². The van der Waals surface area contributed by atoms with Crippen LogP contribution in [0.25, 0.3) is 0 Å². The quantitative estimate of drug-likeness (QED) is 0.257. The van der Waals surface area contributed by atoms with Crippen molar-refractivity contribution in [3.63, 3.8) is 0 Å². The molecule has 1 aromatic rings. The molecule has 0 fully saturated rings. The van der Waals surface area contributed by atoms with Gasteiger partial charge in [0.05, 0.1) is 0 Å². The summed E-state index contributed by atoms with van der Waals surface area (Å²) in [5.41, 5.74) is 1.45. The molecule has 1 rings (SSSR count). The normalized spacial score (nSPS) is 12.8. The molecule has 0 radical (unpaired) electrons. The summed E-state index contributed by atoms with van der Waals surface area (Å²) in [5, 5.41) is 34.7. The van der Waals surface area contributed by atoms with Gasteiger partial charge in [-0.05, 0) is 24.6 Å². The lowest BCUT2D eigenvalue weighted by Gasteiger charge is -2.23. The van der Waals surface area contributed by atoms with E-state index in [0.717, 1.165) is 6.92 Å². The van der Waals surface area contributed by atoms with Crippen LogP contribution in [0.3, 0.4) is 0 Å². The summed E-state index contributed by atoms with van der Waals surface area (Å²) in [6.07, 6.45) is 0.0900. The summed E-state index contributed by atoms with van der Waals surface area (Å²) in [4.78, 5) is 20.0. The van der Waals surface area contributed by atoms with Crippen molar-refractivity contribution in [2.45, 2.75) is 25.8 Å². The van der Waals surface area contributed by atoms with Crippen molar-refractivity contribution >= 4 is 11.9 Å². The number of phenols is 2. The van der Waals surface area contributed by atoms with Gasteiger partial charge >= 0.3 is 5.97 Å². The highest BCUT2D eigenvalue weighted by atomic mass is 16.4. The molecule has 0 spiro atoms. The van der Waals surface area contributed by atoms with Gasteiger partial charge in [0.1, 0.15) is 5.54 Å². The molecule has 0 saturated carbocycles. The number of nitrogens with one attached hydrogen (secondary N) is 1. The van der Waals surface area contributed by atoms with Crippen LogP contribution >= 0.6 is 0 Å². The topological polar surface area (TPSA) is 153 Å². The minimum atomic E-state index is -1.32. The second kappa shape index (κ2) is 7.31. The molecule has 0 aliphatic carbocycles. The fraction of sp³-hybridized carbons (Fsp3) is 0.333. The largest absolute Gasteiger partial charge is 0.504 e. The highest BCUT2D eigenvalue weighted by molar-refractivity contribution is 5.78. The monoisotopic (exact) mass is 286 g/mol. The number of phenolic OH excluding ortho intramolecular Hbond substituents is 2. The first-order valence-corrected chi connectivity index (χ1v) is 5.54. The van der Waals surface area contributed by atoms with E-state index in [2.05, 4.69) is 5.43 Å². The van der Waals surface area contributed by atoms with E-state index in [-0.39, 0.29) is 17.9 Å². The van der Waals surface area contributed by atoms with E-state index in [9.17, 15) is 9.90 Å². The number of carboxylic acid groups (broad SMARTS) is 2. The number of hydrogen-bond donors (Lipinski definition) is 6. The first-order chi connectivity index (χ1) is 9.12. The van der Waals surface area contributed by atoms with Crippen LogP contribution in [0.5, 0.6) is 11.5 Å². The summed E-state index contributed by atoms with van der Waals surface area (Å²) in [6.45, 7) is 2.51. The zero-order chi connectivity index (χ0) is 15.9. The Morgan fingerprint density at radius 2 is 1.75 bits per heavy atom. The molecule has 7 N–H and O–H groups in total. The van der Waals surface area contributed by atoms with Gasteiger partial charge in [-0.25, -0.2) is 5.43 Å². The molecule has 1 aromatic carbocycles. The molecule has 8 heteroatoms. The molecule has 8 nitrogen and oxygen atoms in total. The number of carbonyl (C=O) groups is 2. The number of hydrazine groups is 1. The number of benzene rings is 1. The van der Waals surface area contributed by atoms with Gasteiger partial charge in [0.15, 0.2) is 11.5 Å². The Balaban J connectivity index is 0.000000796. The molecule has 0 bridgehead atoms. The van der Waals surface area contributed by atoms with Crippen LogP contribution in [-0.2, 0) is 16.0 Å². The fourth-order valence-corrected chi connectivity index (χ4v) is 1.28. The number of rotatable bonds is 4. The predicted octanol–water partition coefficient (Wildman–Crippen LogP) is 0.0378. The maximum absolute atomic E-state index is 11.0. The van der Waals surface area contributed by atoms with E-state index in [1.807, 2.05) is 0 Å². The van der Waals surface area contributed by atoms with Crippen LogP contribution in [0.2, 0.25) is 0 Å². The van der Waals surface area contributed by atoms with Gasteiger partial charge in [-0.3, -0.25) is 15.4 Å². The molecular formula is C12H18N2O6. The number of hydrogen-bond acceptors (Lipinski definition) is 6. The third-order valence-corrected chi connectivity index (χ3v) is 2.39. The van der Waals surface area contributed by atoms with Gasteiger partial charge in [-0.2, -0.15) is 0 Å². The SMILES string of the molecule is CC(=O)O.C[C@@](Cc1ccc(O)c(O)c1)(NN)C(=O)O. The first-order valence-electron chi connectivity index (χ1n) is 5.54. The van der Waals surface area contributed by atoms with Crippen molar-refractivity contribution in [1.29, 1.82) is 0 Å². The van der Waals surface area contributed by atoms with Gasteiger partial charge in [-0.1, -0.05) is 6.07 Å². The zero-order valence-electron chi connectivity index (χ0n) is 11.1. The zero-order valence-corrected chi connectivity index (χ0v) is 11.1. The van der Waals surface area contributed by atoms with Crippen LogP contribution in [0.15, 0.2) is 18.2 Å². The Bertz CT molecular complexity index is 487. The maximum atomic E-state index is 11.0. The maximum Gasteiger partial charge on any atom is 0.325 e. The molecule has 0 unspecified atom stereocenters. The Morgan fingerprint density at radius 3 is 2.10 bits per heavy atom. The smallest absolute Gasteiger partial charge is 0.325 e. The lowest BCUT2D eigenvalue weighted by Crippen LogP contribution is -2.54. The highest BCUT2D eigenvalue weighted by Crippen LogP contribution is 2.26. The van der Waals surface area contributed by atoms with Crippen LogP contribution in [0, 0.1) is 0 Å². The average Bonchev–Trinajstić information content (AvgIpc) is 2.33. The lowest BCUT2D eigenvalue weighted by atomic mass is 9.93. The summed E-state index contributed by atoms with van der Waals surface area (Å²) >= 11 is 0. The Labute approximate surface area is 115 Å². The lowest BCUT2D eigenvalue weighted by molar-refractivity contribution is -0.144. The van der Waals surface area contributed by atoms with Gasteiger partial charge < -0.3 is 20.4 Å². The third kappa shape index (κ3) is 5.55. The minimum Gasteiger partial charge on any atom is -0.504 e. The fourth-order valence-electron chi connectivity index (χ4n) is 1.28. The molecule has 0 aliphatic rings. The van der Waals surface area contributed by atoms with Crippen molar-refractivity contribution in [2.24, 2.45) is 5.84 Å². The standard InChI is InChI=1S/C10H14N2O4.C2H4O2/c1-10(12-11,9(15)16)5-6-2-3-7(13)8(14)4-6;1-2(3)4/h2-4,12-14H,5,11H2,1H3,(H,15,16);1H3,(H,3,4)/t10-;/m0./s1. The van der Waals surface area contributed by atoms with Gasteiger partial charge in [-0.15, -0.1) is 0 Å². The Hall–Kier alpha value is -2.32. The molecule has 20 heavy (non-hydrogen) atoms. The summed E-state index contributed by atoms with van der Waals surface area (Å²) in [7, 11) is 0. The highest BCUT2D eigenvalue weighted by Gasteiger charge is 2.32. The molecule has 0 aromatic heterocycles. The molecular weight excluding hydrogens is 268 g/mol. The van der Waals surface area contributed by atoms with Crippen molar-refractivity contribution in [1.82, 2.24) is 5.43 Å². The van der Waals surface area contributed by atoms with Gasteiger partial charge in [0, 0.05) is 13.3 Å². The second-order valence-electron chi connectivity index (χ2n) is 4.30. The van der Waals surface area contributed by atoms with Crippen molar-refractivity contribution in [2.75, 3.05) is 0 Å². The molecule has 0 aliphatic heterocycles. The first kappa shape index (κ1) is 17.7. The van der Waals surface area contributed by atoms with Crippen LogP contribution in [-0.4, -0.2) is 37.9 Å². The van der Waals surface area contributed by atoms with Crippen molar-refractivity contribution < 1.29 is 30.0 Å². The van der Waals surface area contributed by atoms with Crippen molar-refractivity contribution in [3.05, 3.63) is 23.8 Å². The Kier molecular flexibility index (Phi) is 6.47. The average molecular weight is 286 g/mol. The van der Waals surface area contributed by atoms with E-state index < -0.39 is 17.5 Å². The van der Waals surface area contributed by atoms with Crippen LogP contribution in [0.1, 0.15) is 19.4 Å². The molecule has 1 atom stereocenters. The number of carboxylic acids is 2. The number of aromatic hydroxyl groups is 2.